The molecule has 0 atom stereocenters. The number of imidazole rings is 1. The standard InChI is InChI=1S/C8H12N2/c1-3-4-5-8-6-9-7-10(8)2/h4-7H,3H2,1-2H3/b5-4+. The van der Waals surface area contributed by atoms with Gasteiger partial charge in [0.15, 0.2) is 0 Å². The van der Waals surface area contributed by atoms with E-state index in [1.165, 1.54) is 0 Å². The van der Waals surface area contributed by atoms with Gasteiger partial charge in [-0.05, 0) is 12.5 Å². The average Bonchev–Trinajstić information content (AvgIpc) is 2.31. The van der Waals surface area contributed by atoms with E-state index in [0.717, 1.165) is 12.1 Å². The van der Waals surface area contributed by atoms with Crippen molar-refractivity contribution in [3.05, 3.63) is 24.3 Å². The second-order valence-corrected chi connectivity index (χ2v) is 2.24. The summed E-state index contributed by atoms with van der Waals surface area (Å²) in [7, 11) is 1.99. The molecule has 0 aliphatic rings. The normalized spacial score (nSPS) is 11.0. The number of aryl methyl sites for hydroxylation is 1. The minimum atomic E-state index is 1.07. The third-order valence-electron chi connectivity index (χ3n) is 1.38. The summed E-state index contributed by atoms with van der Waals surface area (Å²) in [4.78, 5) is 3.99. The Hall–Kier alpha value is -1.05. The highest BCUT2D eigenvalue weighted by Crippen LogP contribution is 1.99. The van der Waals surface area contributed by atoms with Gasteiger partial charge in [0.2, 0.25) is 0 Å². The molecule has 0 spiro atoms. The Labute approximate surface area is 61.2 Å². The predicted molar refractivity (Wildman–Crippen MR) is 42.5 cm³/mol. The zero-order valence-corrected chi connectivity index (χ0v) is 6.41. The Morgan fingerprint density at radius 3 is 3.00 bits per heavy atom. The number of hydrogen-bond acceptors (Lipinski definition) is 1. The van der Waals surface area contributed by atoms with E-state index >= 15 is 0 Å². The summed E-state index contributed by atoms with van der Waals surface area (Å²) in [6, 6.07) is 0. The van der Waals surface area contributed by atoms with Gasteiger partial charge in [-0.2, -0.15) is 0 Å². The lowest BCUT2D eigenvalue weighted by molar-refractivity contribution is 0.901. The zero-order chi connectivity index (χ0) is 7.40. The monoisotopic (exact) mass is 136 g/mol. The molecule has 2 nitrogen and oxygen atoms in total. The average molecular weight is 136 g/mol. The van der Waals surface area contributed by atoms with Crippen molar-refractivity contribution in [2.24, 2.45) is 7.05 Å². The molecule has 2 heteroatoms. The fraction of sp³-hybridized carbons (Fsp3) is 0.375. The van der Waals surface area contributed by atoms with E-state index in [0.29, 0.717) is 0 Å². The van der Waals surface area contributed by atoms with Gasteiger partial charge in [0.25, 0.3) is 0 Å². The molecule has 0 radical (unpaired) electrons. The lowest BCUT2D eigenvalue weighted by Gasteiger charge is -1.91. The van der Waals surface area contributed by atoms with Crippen molar-refractivity contribution >= 4 is 6.08 Å². The van der Waals surface area contributed by atoms with Crippen LogP contribution in [0.4, 0.5) is 0 Å². The second-order valence-electron chi connectivity index (χ2n) is 2.24. The molecule has 0 N–H and O–H groups in total. The van der Waals surface area contributed by atoms with Gasteiger partial charge in [0.05, 0.1) is 18.2 Å². The van der Waals surface area contributed by atoms with Crippen LogP contribution in [-0.4, -0.2) is 9.55 Å². The van der Waals surface area contributed by atoms with E-state index in [2.05, 4.69) is 24.1 Å². The molecule has 1 aromatic heterocycles. The molecule has 0 fully saturated rings. The minimum Gasteiger partial charge on any atom is -0.334 e. The van der Waals surface area contributed by atoms with E-state index in [4.69, 9.17) is 0 Å². The van der Waals surface area contributed by atoms with Gasteiger partial charge >= 0.3 is 0 Å². The molecule has 0 aliphatic carbocycles. The molecule has 10 heavy (non-hydrogen) atoms. The molecule has 0 saturated carbocycles. The maximum atomic E-state index is 3.99. The summed E-state index contributed by atoms with van der Waals surface area (Å²) in [6.07, 6.45) is 8.93. The lowest BCUT2D eigenvalue weighted by Crippen LogP contribution is -1.86. The van der Waals surface area contributed by atoms with Crippen molar-refractivity contribution in [3.8, 4) is 0 Å². The van der Waals surface area contributed by atoms with E-state index in [9.17, 15) is 0 Å². The summed E-state index contributed by atoms with van der Waals surface area (Å²) in [5.41, 5.74) is 1.15. The third kappa shape index (κ3) is 1.47. The lowest BCUT2D eigenvalue weighted by atomic mass is 10.3. The van der Waals surface area contributed by atoms with Gasteiger partial charge in [-0.25, -0.2) is 4.98 Å². The largest absolute Gasteiger partial charge is 0.334 e. The molecule has 0 bridgehead atoms. The van der Waals surface area contributed by atoms with E-state index in [1.54, 1.807) is 6.33 Å². The van der Waals surface area contributed by atoms with Crippen LogP contribution in [0, 0.1) is 0 Å². The Kier molecular flexibility index (Phi) is 2.26. The van der Waals surface area contributed by atoms with Crippen LogP contribution < -0.4 is 0 Å². The van der Waals surface area contributed by atoms with Crippen molar-refractivity contribution in [3.63, 3.8) is 0 Å². The van der Waals surface area contributed by atoms with Crippen LogP contribution in [0.3, 0.4) is 0 Å². The van der Waals surface area contributed by atoms with Crippen LogP contribution in [0.15, 0.2) is 18.6 Å². The maximum absolute atomic E-state index is 3.99. The summed E-state index contributed by atoms with van der Waals surface area (Å²) < 4.78 is 1.99. The van der Waals surface area contributed by atoms with Crippen LogP contribution in [0.25, 0.3) is 6.08 Å². The first-order valence-electron chi connectivity index (χ1n) is 3.47. The summed E-state index contributed by atoms with van der Waals surface area (Å²) in [6.45, 7) is 2.12. The van der Waals surface area contributed by atoms with E-state index < -0.39 is 0 Å². The minimum absolute atomic E-state index is 1.07. The Balaban J connectivity index is 2.74. The maximum Gasteiger partial charge on any atom is 0.0948 e. The molecule has 0 unspecified atom stereocenters. The van der Waals surface area contributed by atoms with Gasteiger partial charge in [-0.1, -0.05) is 13.0 Å². The van der Waals surface area contributed by atoms with Gasteiger partial charge in [-0.15, -0.1) is 0 Å². The Bertz CT molecular complexity index is 223. The smallest absolute Gasteiger partial charge is 0.0948 e. The molecular formula is C8H12N2. The molecule has 0 saturated heterocycles. The molecule has 0 aromatic carbocycles. The SMILES string of the molecule is CC/C=C/c1cncn1C. The summed E-state index contributed by atoms with van der Waals surface area (Å²) >= 11 is 0. The number of rotatable bonds is 2. The molecule has 54 valence electrons. The first-order chi connectivity index (χ1) is 4.84. The fourth-order valence-corrected chi connectivity index (χ4v) is 0.767. The van der Waals surface area contributed by atoms with Crippen LogP contribution in [0.1, 0.15) is 19.0 Å². The predicted octanol–water partition coefficient (Wildman–Crippen LogP) is 1.84. The van der Waals surface area contributed by atoms with Crippen LogP contribution >= 0.6 is 0 Å². The first kappa shape index (κ1) is 7.06. The fourth-order valence-electron chi connectivity index (χ4n) is 0.767. The number of hydrogen-bond donors (Lipinski definition) is 0. The summed E-state index contributed by atoms with van der Waals surface area (Å²) in [5, 5.41) is 0. The van der Waals surface area contributed by atoms with Gasteiger partial charge in [0.1, 0.15) is 0 Å². The first-order valence-corrected chi connectivity index (χ1v) is 3.47. The van der Waals surface area contributed by atoms with Crippen LogP contribution in [0.5, 0.6) is 0 Å². The second kappa shape index (κ2) is 3.20. The van der Waals surface area contributed by atoms with Crippen LogP contribution in [0.2, 0.25) is 0 Å². The molecular weight excluding hydrogens is 124 g/mol. The zero-order valence-electron chi connectivity index (χ0n) is 6.41. The number of allylic oxidation sites excluding steroid dienone is 1. The highest BCUT2D eigenvalue weighted by Gasteiger charge is 1.88. The molecule has 1 aromatic rings. The summed E-state index contributed by atoms with van der Waals surface area (Å²) in [5.74, 6) is 0. The van der Waals surface area contributed by atoms with E-state index in [1.807, 2.05) is 17.8 Å². The Morgan fingerprint density at radius 2 is 2.50 bits per heavy atom. The Morgan fingerprint density at radius 1 is 1.70 bits per heavy atom. The van der Waals surface area contributed by atoms with E-state index in [-0.39, 0.29) is 0 Å². The van der Waals surface area contributed by atoms with Crippen molar-refractivity contribution in [2.45, 2.75) is 13.3 Å². The van der Waals surface area contributed by atoms with Crippen molar-refractivity contribution in [1.29, 1.82) is 0 Å². The quantitative estimate of drug-likeness (QED) is 0.606. The van der Waals surface area contributed by atoms with Crippen LogP contribution in [-0.2, 0) is 7.05 Å². The van der Waals surface area contributed by atoms with Gasteiger partial charge in [-0.3, -0.25) is 0 Å². The highest BCUT2D eigenvalue weighted by atomic mass is 15.0. The number of aromatic nitrogens is 2. The molecule has 0 aliphatic heterocycles. The van der Waals surface area contributed by atoms with Gasteiger partial charge in [0, 0.05) is 7.05 Å². The van der Waals surface area contributed by atoms with Crippen molar-refractivity contribution < 1.29 is 0 Å². The van der Waals surface area contributed by atoms with Crippen molar-refractivity contribution in [1.82, 2.24) is 9.55 Å². The molecule has 1 rings (SSSR count). The van der Waals surface area contributed by atoms with Gasteiger partial charge < -0.3 is 4.57 Å². The molecule has 0 amide bonds. The molecule has 1 heterocycles. The topological polar surface area (TPSA) is 17.8 Å². The van der Waals surface area contributed by atoms with Crippen molar-refractivity contribution in [2.75, 3.05) is 0 Å². The number of nitrogens with zero attached hydrogens (tertiary/aromatic N) is 2. The third-order valence-corrected chi connectivity index (χ3v) is 1.38. The highest BCUT2D eigenvalue weighted by molar-refractivity contribution is 5.43.